The molecule has 130 valence electrons. The van der Waals surface area contributed by atoms with Gasteiger partial charge in [-0.05, 0) is 12.1 Å². The van der Waals surface area contributed by atoms with Gasteiger partial charge in [0, 0.05) is 58.0 Å². The molecule has 7 nitrogen and oxygen atoms in total. The highest BCUT2D eigenvalue weighted by atomic mass is 16.5. The maximum Gasteiger partial charge on any atom is 0.248 e. The average Bonchev–Trinajstić information content (AvgIpc) is 3.16. The summed E-state index contributed by atoms with van der Waals surface area (Å²) in [5, 5.41) is 4.41. The van der Waals surface area contributed by atoms with E-state index in [1.54, 1.807) is 31.5 Å². The van der Waals surface area contributed by atoms with Crippen molar-refractivity contribution >= 4 is 5.91 Å². The van der Waals surface area contributed by atoms with Crippen molar-refractivity contribution in [3.05, 3.63) is 42.1 Å². The van der Waals surface area contributed by atoms with E-state index in [-0.39, 0.29) is 18.4 Å². The largest absolute Gasteiger partial charge is 0.472 e. The van der Waals surface area contributed by atoms with Crippen LogP contribution in [0.1, 0.15) is 11.3 Å². The molecular formula is C17H24N4O3. The van der Waals surface area contributed by atoms with E-state index in [1.165, 1.54) is 5.69 Å². The summed E-state index contributed by atoms with van der Waals surface area (Å²) in [5.41, 5.74) is 2.36. The van der Waals surface area contributed by atoms with E-state index in [0.717, 1.165) is 31.7 Å². The van der Waals surface area contributed by atoms with E-state index in [1.807, 2.05) is 16.9 Å². The lowest BCUT2D eigenvalue weighted by molar-refractivity contribution is -0.134. The Bertz CT molecular complexity index is 651. The number of amides is 1. The number of nitrogens with zero attached hydrogens (tertiary/aromatic N) is 4. The van der Waals surface area contributed by atoms with Gasteiger partial charge in [-0.3, -0.25) is 14.4 Å². The smallest absolute Gasteiger partial charge is 0.248 e. The molecule has 1 unspecified atom stereocenters. The lowest BCUT2D eigenvalue weighted by Gasteiger charge is -2.23. The fourth-order valence-electron chi connectivity index (χ4n) is 2.93. The summed E-state index contributed by atoms with van der Waals surface area (Å²) in [4.78, 5) is 15.6. The van der Waals surface area contributed by atoms with Crippen LogP contribution in [0.4, 0.5) is 0 Å². The van der Waals surface area contributed by atoms with Crippen LogP contribution in [0.25, 0.3) is 0 Å². The highest BCUT2D eigenvalue weighted by Crippen LogP contribution is 2.18. The molecule has 0 saturated heterocycles. The molecule has 0 bridgehead atoms. The highest BCUT2D eigenvalue weighted by Gasteiger charge is 2.23. The fourth-order valence-corrected chi connectivity index (χ4v) is 2.93. The first-order chi connectivity index (χ1) is 11.6. The van der Waals surface area contributed by atoms with Gasteiger partial charge in [0.05, 0.1) is 24.8 Å². The number of fused-ring (bicyclic) bond motifs is 1. The zero-order valence-electron chi connectivity index (χ0n) is 14.2. The maximum absolute atomic E-state index is 11.6. The van der Waals surface area contributed by atoms with Gasteiger partial charge in [-0.2, -0.15) is 5.10 Å². The number of hydrogen-bond acceptors (Lipinski definition) is 5. The van der Waals surface area contributed by atoms with Crippen molar-refractivity contribution < 1.29 is 13.9 Å². The number of carbonyl (C=O) groups is 1. The van der Waals surface area contributed by atoms with E-state index >= 15 is 0 Å². The number of ether oxygens (including phenoxy) is 1. The van der Waals surface area contributed by atoms with E-state index in [9.17, 15) is 4.79 Å². The van der Waals surface area contributed by atoms with E-state index in [0.29, 0.717) is 6.61 Å². The molecule has 1 atom stereocenters. The molecule has 0 fully saturated rings. The summed E-state index contributed by atoms with van der Waals surface area (Å²) in [6, 6.07) is 4.05. The standard InChI is InChI=1S/C17H24N4O3/c1-19(2)17(22)13-24-12-15-8-20(7-14-4-6-23-11-14)10-16-3-5-18-21(16)9-15/h3-6,11,15H,7-10,12-13H2,1-2H3. The van der Waals surface area contributed by atoms with Crippen molar-refractivity contribution in [2.75, 3.05) is 33.9 Å². The third-order valence-corrected chi connectivity index (χ3v) is 4.20. The zero-order valence-corrected chi connectivity index (χ0v) is 14.2. The van der Waals surface area contributed by atoms with Crippen LogP contribution in [0.5, 0.6) is 0 Å². The van der Waals surface area contributed by atoms with Crippen molar-refractivity contribution in [1.29, 1.82) is 0 Å². The Morgan fingerprint density at radius 2 is 2.29 bits per heavy atom. The highest BCUT2D eigenvalue weighted by molar-refractivity contribution is 5.76. The Morgan fingerprint density at radius 1 is 1.42 bits per heavy atom. The van der Waals surface area contributed by atoms with Gasteiger partial charge < -0.3 is 14.1 Å². The fraction of sp³-hybridized carbons (Fsp3) is 0.529. The van der Waals surface area contributed by atoms with Crippen LogP contribution in [0.2, 0.25) is 0 Å². The topological polar surface area (TPSA) is 63.7 Å². The van der Waals surface area contributed by atoms with E-state index < -0.39 is 0 Å². The predicted molar refractivity (Wildman–Crippen MR) is 88.1 cm³/mol. The molecule has 3 heterocycles. The molecule has 1 aliphatic rings. The van der Waals surface area contributed by atoms with Crippen LogP contribution in [-0.4, -0.2) is 59.3 Å². The second-order valence-corrected chi connectivity index (χ2v) is 6.48. The number of rotatable bonds is 6. The van der Waals surface area contributed by atoms with Gasteiger partial charge >= 0.3 is 0 Å². The molecule has 7 heteroatoms. The summed E-state index contributed by atoms with van der Waals surface area (Å²) in [6.07, 6.45) is 5.32. The molecule has 24 heavy (non-hydrogen) atoms. The minimum Gasteiger partial charge on any atom is -0.472 e. The molecular weight excluding hydrogens is 308 g/mol. The van der Waals surface area contributed by atoms with Crippen LogP contribution in [0.15, 0.2) is 35.3 Å². The Kier molecular flexibility index (Phi) is 5.32. The summed E-state index contributed by atoms with van der Waals surface area (Å²) >= 11 is 0. The second-order valence-electron chi connectivity index (χ2n) is 6.48. The first kappa shape index (κ1) is 16.7. The molecule has 2 aromatic heterocycles. The van der Waals surface area contributed by atoms with Gasteiger partial charge in [0.15, 0.2) is 0 Å². The third-order valence-electron chi connectivity index (χ3n) is 4.20. The molecule has 0 saturated carbocycles. The first-order valence-corrected chi connectivity index (χ1v) is 8.14. The Morgan fingerprint density at radius 3 is 3.04 bits per heavy atom. The molecule has 3 rings (SSSR count). The second kappa shape index (κ2) is 7.63. The molecule has 1 amide bonds. The third kappa shape index (κ3) is 4.24. The quantitative estimate of drug-likeness (QED) is 0.796. The van der Waals surface area contributed by atoms with Crippen molar-refractivity contribution in [2.45, 2.75) is 19.6 Å². The molecule has 0 radical (unpaired) electrons. The normalized spacial score (nSPS) is 18.2. The Hall–Kier alpha value is -2.12. The molecule has 0 aliphatic carbocycles. The molecule has 1 aliphatic heterocycles. The van der Waals surface area contributed by atoms with Crippen LogP contribution in [0, 0.1) is 5.92 Å². The first-order valence-electron chi connectivity index (χ1n) is 8.14. The SMILES string of the molecule is CN(C)C(=O)COCC1CN(Cc2ccoc2)Cc2ccnn2C1. The van der Waals surface area contributed by atoms with Gasteiger partial charge in [-0.25, -0.2) is 0 Å². The maximum atomic E-state index is 11.6. The van der Waals surface area contributed by atoms with Gasteiger partial charge in [-0.1, -0.05) is 0 Å². The monoisotopic (exact) mass is 332 g/mol. The van der Waals surface area contributed by atoms with Crippen LogP contribution in [0.3, 0.4) is 0 Å². The van der Waals surface area contributed by atoms with E-state index in [2.05, 4.69) is 16.1 Å². The number of hydrogen-bond donors (Lipinski definition) is 0. The van der Waals surface area contributed by atoms with Crippen molar-refractivity contribution in [1.82, 2.24) is 19.6 Å². The summed E-state index contributed by atoms with van der Waals surface area (Å²) in [5.74, 6) is 0.270. The van der Waals surface area contributed by atoms with Crippen LogP contribution < -0.4 is 0 Å². The molecule has 2 aromatic rings. The summed E-state index contributed by atoms with van der Waals surface area (Å²) in [6.45, 7) is 4.04. The molecule has 0 N–H and O–H groups in total. The van der Waals surface area contributed by atoms with Crippen molar-refractivity contribution in [3.63, 3.8) is 0 Å². The van der Waals surface area contributed by atoms with Gasteiger partial charge in [0.1, 0.15) is 6.61 Å². The molecule has 0 aromatic carbocycles. The lowest BCUT2D eigenvalue weighted by Crippen LogP contribution is -2.32. The minimum atomic E-state index is -0.0151. The zero-order chi connectivity index (χ0) is 16.9. The summed E-state index contributed by atoms with van der Waals surface area (Å²) in [7, 11) is 3.47. The Labute approximate surface area is 141 Å². The van der Waals surface area contributed by atoms with Crippen LogP contribution in [-0.2, 0) is 29.2 Å². The molecule has 0 spiro atoms. The van der Waals surface area contributed by atoms with Gasteiger partial charge in [-0.15, -0.1) is 0 Å². The van der Waals surface area contributed by atoms with Gasteiger partial charge in [0.2, 0.25) is 5.91 Å². The summed E-state index contributed by atoms with van der Waals surface area (Å²) < 4.78 is 12.9. The van der Waals surface area contributed by atoms with Crippen molar-refractivity contribution in [3.8, 4) is 0 Å². The number of aromatic nitrogens is 2. The number of likely N-dealkylation sites (N-methyl/N-ethyl adjacent to an activating group) is 1. The minimum absolute atomic E-state index is 0.0151. The Balaban J connectivity index is 1.62. The van der Waals surface area contributed by atoms with Crippen LogP contribution >= 0.6 is 0 Å². The lowest BCUT2D eigenvalue weighted by atomic mass is 10.1. The number of furan rings is 1. The van der Waals surface area contributed by atoms with Crippen molar-refractivity contribution in [2.24, 2.45) is 5.92 Å². The van der Waals surface area contributed by atoms with Gasteiger partial charge in [0.25, 0.3) is 0 Å². The average molecular weight is 332 g/mol. The predicted octanol–water partition coefficient (Wildman–Crippen LogP) is 1.21. The number of carbonyl (C=O) groups excluding carboxylic acids is 1. The van der Waals surface area contributed by atoms with E-state index in [4.69, 9.17) is 9.15 Å².